The molecular formula is C18H22N4O2S3. The van der Waals surface area contributed by atoms with Crippen molar-refractivity contribution in [2.75, 3.05) is 16.4 Å². The SMILES string of the molecule is CCSc1nsc(NC(=O)C(CC)Sc2cccc(NC(=O)C3CC3)c2)n1. The highest BCUT2D eigenvalue weighted by molar-refractivity contribution is 8.00. The maximum Gasteiger partial charge on any atom is 0.239 e. The van der Waals surface area contributed by atoms with Crippen molar-refractivity contribution >= 4 is 57.7 Å². The molecule has 1 aromatic heterocycles. The summed E-state index contributed by atoms with van der Waals surface area (Å²) in [6.45, 7) is 4.02. The van der Waals surface area contributed by atoms with Gasteiger partial charge in [0.25, 0.3) is 0 Å². The molecule has 6 nitrogen and oxygen atoms in total. The number of nitrogens with one attached hydrogen (secondary N) is 2. The lowest BCUT2D eigenvalue weighted by Crippen LogP contribution is -2.24. The fourth-order valence-corrected chi connectivity index (χ4v) is 4.64. The predicted molar refractivity (Wildman–Crippen MR) is 113 cm³/mol. The number of aromatic nitrogens is 2. The smallest absolute Gasteiger partial charge is 0.239 e. The first-order valence-electron chi connectivity index (χ1n) is 8.94. The number of carbonyl (C=O) groups is 2. The van der Waals surface area contributed by atoms with Crippen LogP contribution in [0.2, 0.25) is 0 Å². The van der Waals surface area contributed by atoms with E-state index in [4.69, 9.17) is 0 Å². The number of thioether (sulfide) groups is 2. The first kappa shape index (κ1) is 20.2. The minimum Gasteiger partial charge on any atom is -0.326 e. The maximum absolute atomic E-state index is 12.6. The van der Waals surface area contributed by atoms with Crippen LogP contribution in [0, 0.1) is 5.92 Å². The van der Waals surface area contributed by atoms with Gasteiger partial charge < -0.3 is 5.32 Å². The number of anilines is 2. The number of hydrogen-bond donors (Lipinski definition) is 2. The Morgan fingerprint density at radius 2 is 2.11 bits per heavy atom. The van der Waals surface area contributed by atoms with Crippen LogP contribution in [0.3, 0.4) is 0 Å². The molecule has 1 aliphatic carbocycles. The van der Waals surface area contributed by atoms with Crippen LogP contribution in [-0.4, -0.2) is 32.2 Å². The second-order valence-corrected chi connectivity index (χ2v) is 9.37. The van der Waals surface area contributed by atoms with Crippen molar-refractivity contribution in [1.29, 1.82) is 0 Å². The average Bonchev–Trinajstić information content (AvgIpc) is 3.42. The summed E-state index contributed by atoms with van der Waals surface area (Å²) in [5, 5.41) is 6.79. The van der Waals surface area contributed by atoms with Crippen molar-refractivity contribution < 1.29 is 9.59 Å². The normalized spacial score (nSPS) is 14.6. The van der Waals surface area contributed by atoms with Crippen molar-refractivity contribution in [2.45, 2.75) is 48.4 Å². The van der Waals surface area contributed by atoms with E-state index in [0.717, 1.165) is 29.2 Å². The number of benzene rings is 1. The first-order valence-corrected chi connectivity index (χ1v) is 11.6. The van der Waals surface area contributed by atoms with Gasteiger partial charge >= 0.3 is 0 Å². The molecule has 9 heteroatoms. The molecular weight excluding hydrogens is 400 g/mol. The lowest BCUT2D eigenvalue weighted by atomic mass is 10.3. The zero-order valence-corrected chi connectivity index (χ0v) is 17.7. The molecule has 0 saturated heterocycles. The summed E-state index contributed by atoms with van der Waals surface area (Å²) in [5.41, 5.74) is 0.775. The van der Waals surface area contributed by atoms with E-state index >= 15 is 0 Å². The van der Waals surface area contributed by atoms with Crippen molar-refractivity contribution in [1.82, 2.24) is 9.36 Å². The van der Waals surface area contributed by atoms with E-state index in [1.807, 2.05) is 38.1 Å². The first-order chi connectivity index (χ1) is 13.1. The molecule has 1 heterocycles. The second kappa shape index (κ2) is 9.57. The third-order valence-corrected chi connectivity index (χ3v) is 6.74. The minimum atomic E-state index is -0.245. The molecule has 2 amide bonds. The summed E-state index contributed by atoms with van der Waals surface area (Å²) in [4.78, 5) is 29.8. The third kappa shape index (κ3) is 5.95. The molecule has 1 atom stereocenters. The van der Waals surface area contributed by atoms with Crippen LogP contribution in [0.5, 0.6) is 0 Å². The van der Waals surface area contributed by atoms with Gasteiger partial charge in [-0.2, -0.15) is 9.36 Å². The maximum atomic E-state index is 12.6. The van der Waals surface area contributed by atoms with Crippen LogP contribution in [0.25, 0.3) is 0 Å². The summed E-state index contributed by atoms with van der Waals surface area (Å²) in [6, 6.07) is 7.64. The van der Waals surface area contributed by atoms with Crippen LogP contribution in [0.15, 0.2) is 34.3 Å². The molecule has 1 unspecified atom stereocenters. The van der Waals surface area contributed by atoms with Crippen LogP contribution >= 0.6 is 35.1 Å². The molecule has 2 aromatic rings. The van der Waals surface area contributed by atoms with Gasteiger partial charge in [0, 0.05) is 28.0 Å². The summed E-state index contributed by atoms with van der Waals surface area (Å²) >= 11 is 4.24. The monoisotopic (exact) mass is 422 g/mol. The van der Waals surface area contributed by atoms with Gasteiger partial charge in [0.2, 0.25) is 22.1 Å². The van der Waals surface area contributed by atoms with Crippen LogP contribution < -0.4 is 10.6 Å². The van der Waals surface area contributed by atoms with Gasteiger partial charge in [-0.15, -0.1) is 11.8 Å². The third-order valence-electron chi connectivity index (χ3n) is 3.90. The lowest BCUT2D eigenvalue weighted by molar-refractivity contribution is -0.117. The van der Waals surface area contributed by atoms with Crippen molar-refractivity contribution in [3.8, 4) is 0 Å². The van der Waals surface area contributed by atoms with Gasteiger partial charge in [0.15, 0.2) is 0 Å². The van der Waals surface area contributed by atoms with Crippen LogP contribution in [0.4, 0.5) is 10.8 Å². The molecule has 2 N–H and O–H groups in total. The van der Waals surface area contributed by atoms with Crippen LogP contribution in [-0.2, 0) is 9.59 Å². The Labute approximate surface area is 171 Å². The van der Waals surface area contributed by atoms with E-state index in [0.29, 0.717) is 16.7 Å². The van der Waals surface area contributed by atoms with Gasteiger partial charge in [0.1, 0.15) is 0 Å². The molecule has 0 radical (unpaired) electrons. The van der Waals surface area contributed by atoms with E-state index in [9.17, 15) is 9.59 Å². The number of nitrogens with zero attached hydrogens (tertiary/aromatic N) is 2. The highest BCUT2D eigenvalue weighted by atomic mass is 32.2. The van der Waals surface area contributed by atoms with Crippen molar-refractivity contribution in [2.24, 2.45) is 5.92 Å². The Hall–Kier alpha value is -1.58. The highest BCUT2D eigenvalue weighted by Gasteiger charge is 2.29. The number of amides is 2. The highest BCUT2D eigenvalue weighted by Crippen LogP contribution is 2.32. The molecule has 1 aromatic carbocycles. The summed E-state index contributed by atoms with van der Waals surface area (Å²) in [6.07, 6.45) is 2.63. The van der Waals surface area contributed by atoms with E-state index < -0.39 is 0 Å². The topological polar surface area (TPSA) is 84.0 Å². The number of rotatable bonds is 9. The van der Waals surface area contributed by atoms with Crippen molar-refractivity contribution in [3.05, 3.63) is 24.3 Å². The molecule has 0 spiro atoms. The number of carbonyl (C=O) groups excluding carboxylic acids is 2. The Morgan fingerprint density at radius 1 is 1.30 bits per heavy atom. The molecule has 0 bridgehead atoms. The molecule has 0 aliphatic heterocycles. The van der Waals surface area contributed by atoms with Gasteiger partial charge in [-0.3, -0.25) is 14.9 Å². The van der Waals surface area contributed by atoms with E-state index in [1.54, 1.807) is 11.8 Å². The minimum absolute atomic E-state index is 0.0824. The Bertz CT molecular complexity index is 807. The Kier molecular flexibility index (Phi) is 7.14. The zero-order chi connectivity index (χ0) is 19.2. The molecule has 1 fully saturated rings. The molecule has 27 heavy (non-hydrogen) atoms. The van der Waals surface area contributed by atoms with Gasteiger partial charge in [-0.1, -0.05) is 31.7 Å². The summed E-state index contributed by atoms with van der Waals surface area (Å²) in [5.74, 6) is 1.06. The molecule has 1 saturated carbocycles. The fourth-order valence-electron chi connectivity index (χ4n) is 2.36. The predicted octanol–water partition coefficient (Wildman–Crippen LogP) is 4.51. The van der Waals surface area contributed by atoms with Gasteiger partial charge in [-0.05, 0) is 43.2 Å². The van der Waals surface area contributed by atoms with Crippen LogP contribution in [0.1, 0.15) is 33.1 Å². The van der Waals surface area contributed by atoms with E-state index in [1.165, 1.54) is 23.3 Å². The number of hydrogen-bond acceptors (Lipinski definition) is 7. The molecule has 144 valence electrons. The van der Waals surface area contributed by atoms with E-state index in [-0.39, 0.29) is 23.0 Å². The Balaban J connectivity index is 1.59. The van der Waals surface area contributed by atoms with Crippen molar-refractivity contribution in [3.63, 3.8) is 0 Å². The zero-order valence-electron chi connectivity index (χ0n) is 15.2. The second-order valence-electron chi connectivity index (χ2n) is 6.11. The quantitative estimate of drug-likeness (QED) is 0.579. The molecule has 3 rings (SSSR count). The largest absolute Gasteiger partial charge is 0.326 e. The standard InChI is InChI=1S/C18H22N4O2S3/c1-3-14(16(24)20-17-21-18(22-27-17)25-4-2)26-13-7-5-6-12(10-13)19-15(23)11-8-9-11/h5-7,10-11,14H,3-4,8-9H2,1-2H3,(H,19,23)(H,20,21,22,24). The summed E-state index contributed by atoms with van der Waals surface area (Å²) in [7, 11) is 0. The van der Waals surface area contributed by atoms with E-state index in [2.05, 4.69) is 20.0 Å². The van der Waals surface area contributed by atoms with Gasteiger partial charge in [0.05, 0.1) is 5.25 Å². The summed E-state index contributed by atoms with van der Waals surface area (Å²) < 4.78 is 4.22. The fraction of sp³-hybridized carbons (Fsp3) is 0.444. The molecule has 1 aliphatic rings. The lowest BCUT2D eigenvalue weighted by Gasteiger charge is -2.14. The average molecular weight is 423 g/mol. The Morgan fingerprint density at radius 3 is 2.81 bits per heavy atom. The van der Waals surface area contributed by atoms with Gasteiger partial charge in [-0.25, -0.2) is 0 Å².